The molecule has 0 bridgehead atoms. The van der Waals surface area contributed by atoms with Crippen LogP contribution < -0.4 is 11.2 Å². The average Bonchev–Trinajstić information content (AvgIpc) is 2.66. The normalized spacial score (nSPS) is 32.2. The molecule has 1 aliphatic rings. The molecular weight excluding hydrogens is 256 g/mol. The Morgan fingerprint density at radius 2 is 2.11 bits per heavy atom. The molecule has 0 spiro atoms. The summed E-state index contributed by atoms with van der Waals surface area (Å²) < 4.78 is 6.20. The minimum atomic E-state index is -1.41. The maximum Gasteiger partial charge on any atom is 0.330 e. The van der Waals surface area contributed by atoms with E-state index in [2.05, 4.69) is 6.58 Å². The Bertz CT molecular complexity index is 579. The average molecular weight is 270 g/mol. The molecule has 0 aliphatic carbocycles. The number of hydrogen-bond acceptors (Lipinski definition) is 6. The van der Waals surface area contributed by atoms with E-state index in [1.165, 1.54) is 0 Å². The molecule has 1 fully saturated rings. The van der Waals surface area contributed by atoms with Crippen LogP contribution in [0.1, 0.15) is 6.23 Å². The fourth-order valence-electron chi connectivity index (χ4n) is 1.96. The molecule has 2 rings (SSSR count). The van der Waals surface area contributed by atoms with E-state index < -0.39 is 41.9 Å². The second-order valence-electron chi connectivity index (χ2n) is 4.22. The lowest BCUT2D eigenvalue weighted by Gasteiger charge is -2.18. The number of H-pyrrole nitrogens is 1. The zero-order chi connectivity index (χ0) is 14.2. The summed E-state index contributed by atoms with van der Waals surface area (Å²) in [5.41, 5.74) is -1.37. The highest BCUT2D eigenvalue weighted by molar-refractivity contribution is 4.99. The van der Waals surface area contributed by atoms with Crippen molar-refractivity contribution in [2.24, 2.45) is 0 Å². The Labute approximate surface area is 107 Å². The molecule has 0 amide bonds. The highest BCUT2D eigenvalue weighted by Gasteiger charge is 2.46. The van der Waals surface area contributed by atoms with Crippen LogP contribution in [0.2, 0.25) is 0 Å². The van der Waals surface area contributed by atoms with Crippen LogP contribution in [0, 0.1) is 0 Å². The predicted molar refractivity (Wildman–Crippen MR) is 63.5 cm³/mol. The van der Waals surface area contributed by atoms with E-state index in [1.54, 1.807) is 0 Å². The molecule has 0 saturated carbocycles. The number of aliphatic hydroxyl groups is 3. The molecule has 1 aromatic rings. The summed E-state index contributed by atoms with van der Waals surface area (Å²) in [6.45, 7) is 3.35. The monoisotopic (exact) mass is 270 g/mol. The van der Waals surface area contributed by atoms with Gasteiger partial charge in [-0.05, 0) is 0 Å². The number of aliphatic hydroxyl groups excluding tert-OH is 3. The summed E-state index contributed by atoms with van der Waals surface area (Å²) in [7, 11) is 0. The molecule has 2 heterocycles. The molecule has 1 saturated heterocycles. The van der Waals surface area contributed by atoms with Gasteiger partial charge in [-0.3, -0.25) is 14.3 Å². The van der Waals surface area contributed by atoms with E-state index in [4.69, 9.17) is 4.74 Å². The molecule has 104 valence electrons. The summed E-state index contributed by atoms with van der Waals surface area (Å²) in [6.07, 6.45) is -3.98. The predicted octanol–water partition coefficient (Wildman–Crippen LogP) is -2.30. The summed E-state index contributed by atoms with van der Waals surface area (Å²) in [4.78, 5) is 24.5. The Morgan fingerprint density at radius 3 is 2.68 bits per heavy atom. The van der Waals surface area contributed by atoms with Crippen molar-refractivity contribution in [1.29, 1.82) is 0 Å². The largest absolute Gasteiger partial charge is 0.387 e. The Balaban J connectivity index is 2.34. The molecular formula is C11H14N2O6. The number of hydrogen-bond donors (Lipinski definition) is 4. The SMILES string of the molecule is C=CC(O)[C@H]1O[C@@H](n2ccc(=O)[nH]c2=O)[C@@H](O)[C@@H]1O. The zero-order valence-corrected chi connectivity index (χ0v) is 9.84. The van der Waals surface area contributed by atoms with Crippen molar-refractivity contribution in [3.05, 3.63) is 45.8 Å². The molecule has 8 heteroatoms. The van der Waals surface area contributed by atoms with Gasteiger partial charge in [0.25, 0.3) is 5.56 Å². The van der Waals surface area contributed by atoms with E-state index in [-0.39, 0.29) is 0 Å². The summed E-state index contributed by atoms with van der Waals surface area (Å²) >= 11 is 0. The van der Waals surface area contributed by atoms with Gasteiger partial charge in [0.2, 0.25) is 0 Å². The molecule has 5 atom stereocenters. The van der Waals surface area contributed by atoms with Crippen molar-refractivity contribution >= 4 is 0 Å². The van der Waals surface area contributed by atoms with Crippen LogP contribution in [-0.4, -0.2) is 49.3 Å². The third-order valence-electron chi connectivity index (χ3n) is 2.98. The Hall–Kier alpha value is -1.74. The van der Waals surface area contributed by atoms with Crippen molar-refractivity contribution in [2.75, 3.05) is 0 Å². The maximum atomic E-state index is 11.6. The fourth-order valence-corrected chi connectivity index (χ4v) is 1.96. The molecule has 1 aromatic heterocycles. The first-order valence-electron chi connectivity index (χ1n) is 5.59. The lowest BCUT2D eigenvalue weighted by molar-refractivity contribution is -0.0727. The van der Waals surface area contributed by atoms with Crippen LogP contribution in [0.3, 0.4) is 0 Å². The maximum absolute atomic E-state index is 11.6. The molecule has 8 nitrogen and oxygen atoms in total. The minimum absolute atomic E-state index is 0.586. The number of nitrogens with one attached hydrogen (secondary N) is 1. The van der Waals surface area contributed by atoms with Crippen LogP contribution >= 0.6 is 0 Å². The van der Waals surface area contributed by atoms with Gasteiger partial charge in [0.15, 0.2) is 6.23 Å². The van der Waals surface area contributed by atoms with Gasteiger partial charge in [-0.15, -0.1) is 6.58 Å². The van der Waals surface area contributed by atoms with Crippen LogP contribution in [0.4, 0.5) is 0 Å². The molecule has 0 radical (unpaired) electrons. The number of aromatic nitrogens is 2. The van der Waals surface area contributed by atoms with E-state index in [1.807, 2.05) is 4.98 Å². The zero-order valence-electron chi connectivity index (χ0n) is 9.84. The molecule has 19 heavy (non-hydrogen) atoms. The second-order valence-corrected chi connectivity index (χ2v) is 4.22. The van der Waals surface area contributed by atoms with Gasteiger partial charge >= 0.3 is 5.69 Å². The molecule has 1 aliphatic heterocycles. The van der Waals surface area contributed by atoms with Gasteiger partial charge < -0.3 is 20.1 Å². The van der Waals surface area contributed by atoms with Crippen molar-refractivity contribution in [1.82, 2.24) is 9.55 Å². The van der Waals surface area contributed by atoms with E-state index in [0.29, 0.717) is 0 Å². The van der Waals surface area contributed by atoms with Gasteiger partial charge in [0.1, 0.15) is 24.4 Å². The van der Waals surface area contributed by atoms with Crippen LogP contribution in [-0.2, 0) is 4.74 Å². The first-order valence-corrected chi connectivity index (χ1v) is 5.59. The quantitative estimate of drug-likeness (QED) is 0.458. The van der Waals surface area contributed by atoms with Gasteiger partial charge in [0, 0.05) is 12.3 Å². The van der Waals surface area contributed by atoms with Gasteiger partial charge in [-0.1, -0.05) is 6.08 Å². The van der Waals surface area contributed by atoms with Crippen LogP contribution in [0.15, 0.2) is 34.5 Å². The third-order valence-corrected chi connectivity index (χ3v) is 2.98. The number of rotatable bonds is 3. The topological polar surface area (TPSA) is 125 Å². The van der Waals surface area contributed by atoms with E-state index >= 15 is 0 Å². The summed E-state index contributed by atoms with van der Waals surface area (Å²) in [5.74, 6) is 0. The van der Waals surface area contributed by atoms with Crippen molar-refractivity contribution in [2.45, 2.75) is 30.6 Å². The lowest BCUT2D eigenvalue weighted by atomic mass is 10.1. The minimum Gasteiger partial charge on any atom is -0.387 e. The molecule has 1 unspecified atom stereocenters. The van der Waals surface area contributed by atoms with E-state index in [0.717, 1.165) is 22.9 Å². The third kappa shape index (κ3) is 2.38. The Morgan fingerprint density at radius 1 is 1.42 bits per heavy atom. The number of ether oxygens (including phenoxy) is 1. The van der Waals surface area contributed by atoms with Crippen molar-refractivity contribution < 1.29 is 20.1 Å². The fraction of sp³-hybridized carbons (Fsp3) is 0.455. The van der Waals surface area contributed by atoms with Gasteiger partial charge in [-0.25, -0.2) is 4.79 Å². The summed E-state index contributed by atoms with van der Waals surface area (Å²) in [6, 6.07) is 1.08. The summed E-state index contributed by atoms with van der Waals surface area (Å²) in [5, 5.41) is 29.2. The molecule has 4 N–H and O–H groups in total. The molecule has 0 aromatic carbocycles. The Kier molecular flexibility index (Phi) is 3.67. The first kappa shape index (κ1) is 13.7. The smallest absolute Gasteiger partial charge is 0.330 e. The highest BCUT2D eigenvalue weighted by atomic mass is 16.6. The van der Waals surface area contributed by atoms with Crippen molar-refractivity contribution in [3.8, 4) is 0 Å². The second kappa shape index (κ2) is 5.10. The van der Waals surface area contributed by atoms with Crippen molar-refractivity contribution in [3.63, 3.8) is 0 Å². The highest BCUT2D eigenvalue weighted by Crippen LogP contribution is 2.30. The first-order chi connectivity index (χ1) is 8.95. The van der Waals surface area contributed by atoms with Gasteiger partial charge in [-0.2, -0.15) is 0 Å². The van der Waals surface area contributed by atoms with Crippen LogP contribution in [0.25, 0.3) is 0 Å². The standard InChI is InChI=1S/C11H14N2O6/c1-2-5(14)9-7(16)8(17)10(19-9)13-4-3-6(15)12-11(13)18/h2-5,7-10,14,16-17H,1H2,(H,12,15,18)/t5?,7-,8-,9+,10+/m0/s1. The lowest BCUT2D eigenvalue weighted by Crippen LogP contribution is -2.38. The van der Waals surface area contributed by atoms with Crippen LogP contribution in [0.5, 0.6) is 0 Å². The number of aromatic amines is 1. The van der Waals surface area contributed by atoms with E-state index in [9.17, 15) is 24.9 Å². The number of nitrogens with zero attached hydrogens (tertiary/aromatic N) is 1. The van der Waals surface area contributed by atoms with Gasteiger partial charge in [0.05, 0.1) is 0 Å².